The summed E-state index contributed by atoms with van der Waals surface area (Å²) in [5.41, 5.74) is 3.46. The molecule has 0 fully saturated rings. The van der Waals surface area contributed by atoms with Gasteiger partial charge >= 0.3 is 5.97 Å². The normalized spacial score (nSPS) is 10.8. The number of carboxylic acids is 1. The Morgan fingerprint density at radius 2 is 1.86 bits per heavy atom. The van der Waals surface area contributed by atoms with E-state index in [4.69, 9.17) is 16.7 Å². The number of pyridine rings is 1. The Morgan fingerprint density at radius 3 is 2.55 bits per heavy atom. The third-order valence-corrected chi connectivity index (χ3v) is 3.80. The molecule has 3 rings (SSSR count). The van der Waals surface area contributed by atoms with Crippen LogP contribution in [0.15, 0.2) is 48.5 Å². The van der Waals surface area contributed by atoms with Gasteiger partial charge in [-0.3, -0.25) is 9.78 Å². The molecule has 0 saturated carbocycles. The van der Waals surface area contributed by atoms with E-state index in [1.165, 1.54) is 0 Å². The molecule has 0 aliphatic carbocycles. The predicted octanol–water partition coefficient (Wildman–Crippen LogP) is 4.49. The molecular formula is C18H14ClNO2. The Bertz CT molecular complexity index is 857. The number of hydrogen-bond donors (Lipinski definition) is 1. The Labute approximate surface area is 133 Å². The molecule has 0 amide bonds. The lowest BCUT2D eigenvalue weighted by Crippen LogP contribution is -2.01. The molecule has 0 radical (unpaired) electrons. The van der Waals surface area contributed by atoms with Crippen molar-refractivity contribution in [3.63, 3.8) is 0 Å². The van der Waals surface area contributed by atoms with Gasteiger partial charge in [0.2, 0.25) is 0 Å². The van der Waals surface area contributed by atoms with E-state index in [9.17, 15) is 4.79 Å². The molecule has 22 heavy (non-hydrogen) atoms. The van der Waals surface area contributed by atoms with E-state index in [-0.39, 0.29) is 6.42 Å². The van der Waals surface area contributed by atoms with Crippen LogP contribution in [0.25, 0.3) is 22.0 Å². The minimum Gasteiger partial charge on any atom is -0.481 e. The van der Waals surface area contributed by atoms with Gasteiger partial charge < -0.3 is 5.11 Å². The van der Waals surface area contributed by atoms with Gasteiger partial charge in [-0.05, 0) is 36.1 Å². The molecule has 110 valence electrons. The molecule has 1 heterocycles. The number of fused-ring (bicyclic) bond motifs is 1. The van der Waals surface area contributed by atoms with E-state index >= 15 is 0 Å². The summed E-state index contributed by atoms with van der Waals surface area (Å²) in [6.07, 6.45) is 0.000844. The second kappa shape index (κ2) is 5.78. The smallest absolute Gasteiger partial charge is 0.307 e. The maximum atomic E-state index is 11.1. The first-order valence-corrected chi connectivity index (χ1v) is 7.29. The lowest BCUT2D eigenvalue weighted by molar-refractivity contribution is -0.136. The standard InChI is InChI=1S/C18H14ClNO2/c1-11-9-16-13(10-17(21)22)3-2-4-15(16)18(20-11)12-5-7-14(19)8-6-12/h2-9H,10H2,1H3,(H,21,22). The Kier molecular flexibility index (Phi) is 3.82. The van der Waals surface area contributed by atoms with Crippen molar-refractivity contribution >= 4 is 28.3 Å². The Morgan fingerprint density at radius 1 is 1.14 bits per heavy atom. The van der Waals surface area contributed by atoms with Crippen LogP contribution in [0.5, 0.6) is 0 Å². The topological polar surface area (TPSA) is 50.2 Å². The van der Waals surface area contributed by atoms with E-state index in [2.05, 4.69) is 4.98 Å². The summed E-state index contributed by atoms with van der Waals surface area (Å²) in [4.78, 5) is 15.7. The van der Waals surface area contributed by atoms with Gasteiger partial charge in [0.15, 0.2) is 0 Å². The SMILES string of the molecule is Cc1cc2c(CC(=O)O)cccc2c(-c2ccc(Cl)cc2)n1. The molecule has 0 unspecified atom stereocenters. The van der Waals surface area contributed by atoms with Crippen LogP contribution in [0.4, 0.5) is 0 Å². The van der Waals surface area contributed by atoms with Crippen LogP contribution >= 0.6 is 11.6 Å². The molecule has 3 nitrogen and oxygen atoms in total. The lowest BCUT2D eigenvalue weighted by atomic mass is 9.98. The fourth-order valence-corrected chi connectivity index (χ4v) is 2.74. The number of aromatic nitrogens is 1. The van der Waals surface area contributed by atoms with E-state index < -0.39 is 5.97 Å². The van der Waals surface area contributed by atoms with Crippen LogP contribution in [0.2, 0.25) is 5.02 Å². The van der Waals surface area contributed by atoms with Crippen molar-refractivity contribution in [2.24, 2.45) is 0 Å². The molecule has 1 N–H and O–H groups in total. The van der Waals surface area contributed by atoms with Crippen molar-refractivity contribution in [3.8, 4) is 11.3 Å². The predicted molar refractivity (Wildman–Crippen MR) is 88.3 cm³/mol. The number of aliphatic carboxylic acids is 1. The van der Waals surface area contributed by atoms with E-state index in [1.807, 2.05) is 55.5 Å². The highest BCUT2D eigenvalue weighted by atomic mass is 35.5. The lowest BCUT2D eigenvalue weighted by Gasteiger charge is -2.11. The van der Waals surface area contributed by atoms with E-state index in [1.54, 1.807) is 0 Å². The minimum atomic E-state index is -0.838. The van der Waals surface area contributed by atoms with Crippen LogP contribution in [0.3, 0.4) is 0 Å². The number of nitrogens with zero attached hydrogens (tertiary/aromatic N) is 1. The van der Waals surface area contributed by atoms with Gasteiger partial charge in [0.25, 0.3) is 0 Å². The first-order chi connectivity index (χ1) is 10.5. The Balaban J connectivity index is 2.27. The fraction of sp³-hybridized carbons (Fsp3) is 0.111. The van der Waals surface area contributed by atoms with Crippen molar-refractivity contribution in [1.82, 2.24) is 4.98 Å². The summed E-state index contributed by atoms with van der Waals surface area (Å²) < 4.78 is 0. The molecule has 4 heteroatoms. The average molecular weight is 312 g/mol. The molecule has 0 aliphatic rings. The highest BCUT2D eigenvalue weighted by Gasteiger charge is 2.11. The monoisotopic (exact) mass is 311 g/mol. The van der Waals surface area contributed by atoms with Gasteiger partial charge in [-0.2, -0.15) is 0 Å². The van der Waals surface area contributed by atoms with Crippen molar-refractivity contribution < 1.29 is 9.90 Å². The van der Waals surface area contributed by atoms with Gasteiger partial charge in [-0.25, -0.2) is 0 Å². The van der Waals surface area contributed by atoms with Crippen LogP contribution < -0.4 is 0 Å². The quantitative estimate of drug-likeness (QED) is 0.775. The third-order valence-electron chi connectivity index (χ3n) is 3.55. The summed E-state index contributed by atoms with van der Waals surface area (Å²) >= 11 is 5.95. The largest absolute Gasteiger partial charge is 0.481 e. The van der Waals surface area contributed by atoms with E-state index in [0.717, 1.165) is 33.3 Å². The number of carbonyl (C=O) groups is 1. The second-order valence-electron chi connectivity index (χ2n) is 5.20. The van der Waals surface area contributed by atoms with Crippen molar-refractivity contribution in [2.45, 2.75) is 13.3 Å². The van der Waals surface area contributed by atoms with Crippen LogP contribution in [0, 0.1) is 6.92 Å². The van der Waals surface area contributed by atoms with Crippen LogP contribution in [-0.4, -0.2) is 16.1 Å². The second-order valence-corrected chi connectivity index (χ2v) is 5.64. The highest BCUT2D eigenvalue weighted by Crippen LogP contribution is 2.30. The highest BCUT2D eigenvalue weighted by molar-refractivity contribution is 6.30. The first kappa shape index (κ1) is 14.5. The van der Waals surface area contributed by atoms with E-state index in [0.29, 0.717) is 5.02 Å². The maximum Gasteiger partial charge on any atom is 0.307 e. The molecule has 0 atom stereocenters. The number of benzene rings is 2. The zero-order valence-corrected chi connectivity index (χ0v) is 12.8. The summed E-state index contributed by atoms with van der Waals surface area (Å²) in [6, 6.07) is 15.1. The zero-order valence-electron chi connectivity index (χ0n) is 12.0. The van der Waals surface area contributed by atoms with Gasteiger partial charge in [-0.15, -0.1) is 0 Å². The van der Waals surface area contributed by atoms with Crippen molar-refractivity contribution in [1.29, 1.82) is 0 Å². The molecule has 0 bridgehead atoms. The van der Waals surface area contributed by atoms with Gasteiger partial charge in [-0.1, -0.05) is 41.9 Å². The zero-order chi connectivity index (χ0) is 15.7. The summed E-state index contributed by atoms with van der Waals surface area (Å²) in [7, 11) is 0. The summed E-state index contributed by atoms with van der Waals surface area (Å²) in [6.45, 7) is 1.91. The molecule has 2 aromatic carbocycles. The van der Waals surface area contributed by atoms with Crippen molar-refractivity contribution in [3.05, 3.63) is 64.8 Å². The fourth-order valence-electron chi connectivity index (χ4n) is 2.61. The van der Waals surface area contributed by atoms with Gasteiger partial charge in [0, 0.05) is 21.7 Å². The number of carboxylic acid groups (broad SMARTS) is 1. The van der Waals surface area contributed by atoms with Crippen LogP contribution in [0.1, 0.15) is 11.3 Å². The minimum absolute atomic E-state index is 0.000844. The molecular weight excluding hydrogens is 298 g/mol. The summed E-state index contributed by atoms with van der Waals surface area (Å²) in [5.74, 6) is -0.838. The van der Waals surface area contributed by atoms with Crippen molar-refractivity contribution in [2.75, 3.05) is 0 Å². The molecule has 3 aromatic rings. The third kappa shape index (κ3) is 2.81. The Hall–Kier alpha value is -2.39. The number of hydrogen-bond acceptors (Lipinski definition) is 2. The average Bonchev–Trinajstić information content (AvgIpc) is 2.47. The molecule has 0 saturated heterocycles. The van der Waals surface area contributed by atoms with Gasteiger partial charge in [0.05, 0.1) is 12.1 Å². The number of aryl methyl sites for hydroxylation is 1. The maximum absolute atomic E-state index is 11.1. The molecule has 0 aliphatic heterocycles. The molecule has 1 aromatic heterocycles. The van der Waals surface area contributed by atoms with Gasteiger partial charge in [0.1, 0.15) is 0 Å². The first-order valence-electron chi connectivity index (χ1n) is 6.91. The van der Waals surface area contributed by atoms with Crippen LogP contribution in [-0.2, 0) is 11.2 Å². The molecule has 0 spiro atoms. The summed E-state index contributed by atoms with van der Waals surface area (Å²) in [5, 5.41) is 11.6. The number of rotatable bonds is 3. The number of halogens is 1.